The van der Waals surface area contributed by atoms with Gasteiger partial charge in [0, 0.05) is 17.1 Å². The summed E-state index contributed by atoms with van der Waals surface area (Å²) in [5.74, 6) is -0.333. The Bertz CT molecular complexity index is 514. The minimum atomic E-state index is -0.576. The van der Waals surface area contributed by atoms with Gasteiger partial charge in [0.15, 0.2) is 0 Å². The minimum Gasteiger partial charge on any atom is -0.319 e. The molecule has 2 rings (SSSR count). The highest BCUT2D eigenvalue weighted by Crippen LogP contribution is 2.32. The number of benzene rings is 1. The van der Waals surface area contributed by atoms with Gasteiger partial charge in [-0.25, -0.2) is 4.39 Å². The number of nitrogens with zero attached hydrogens (tertiary/aromatic N) is 2. The normalized spacial score (nSPS) is 12.8. The van der Waals surface area contributed by atoms with Crippen molar-refractivity contribution in [3.8, 4) is 0 Å². The third-order valence-corrected chi connectivity index (χ3v) is 3.85. The molecule has 0 radical (unpaired) electrons. The van der Waals surface area contributed by atoms with Crippen LogP contribution in [0.5, 0.6) is 0 Å². The van der Waals surface area contributed by atoms with Crippen molar-refractivity contribution in [2.75, 3.05) is 0 Å². The standard InChI is InChI=1S/C11H10Br2FN3/c1-17-11(7(13)5-16-17)10(15)9-6(12)3-2-4-8(9)14/h2-5,10H,15H2,1H3. The molecule has 2 aromatic rings. The van der Waals surface area contributed by atoms with Crippen LogP contribution in [0.2, 0.25) is 0 Å². The maximum atomic E-state index is 13.8. The van der Waals surface area contributed by atoms with Gasteiger partial charge in [0.25, 0.3) is 0 Å². The summed E-state index contributed by atoms with van der Waals surface area (Å²) in [6.07, 6.45) is 1.64. The molecular weight excluding hydrogens is 353 g/mol. The smallest absolute Gasteiger partial charge is 0.129 e. The molecular formula is C11H10Br2FN3. The average molecular weight is 363 g/mol. The van der Waals surface area contributed by atoms with Crippen molar-refractivity contribution in [3.05, 3.63) is 50.4 Å². The number of hydrogen-bond donors (Lipinski definition) is 1. The van der Waals surface area contributed by atoms with Gasteiger partial charge in [-0.1, -0.05) is 22.0 Å². The Morgan fingerprint density at radius 1 is 1.35 bits per heavy atom. The van der Waals surface area contributed by atoms with E-state index in [1.165, 1.54) is 6.07 Å². The summed E-state index contributed by atoms with van der Waals surface area (Å²) >= 11 is 6.68. The lowest BCUT2D eigenvalue weighted by atomic mass is 10.0. The van der Waals surface area contributed by atoms with Crippen LogP contribution in [0.25, 0.3) is 0 Å². The largest absolute Gasteiger partial charge is 0.319 e. The lowest BCUT2D eigenvalue weighted by molar-refractivity contribution is 0.583. The Hall–Kier alpha value is -0.720. The van der Waals surface area contributed by atoms with Crippen LogP contribution in [0.15, 0.2) is 33.3 Å². The molecule has 2 N–H and O–H groups in total. The molecule has 1 aromatic carbocycles. The van der Waals surface area contributed by atoms with Gasteiger partial charge in [-0.3, -0.25) is 4.68 Å². The van der Waals surface area contributed by atoms with Gasteiger partial charge in [-0.15, -0.1) is 0 Å². The lowest BCUT2D eigenvalue weighted by Gasteiger charge is -2.15. The van der Waals surface area contributed by atoms with Crippen molar-refractivity contribution in [1.82, 2.24) is 9.78 Å². The van der Waals surface area contributed by atoms with Crippen LogP contribution >= 0.6 is 31.9 Å². The number of hydrogen-bond acceptors (Lipinski definition) is 2. The first-order chi connectivity index (χ1) is 8.02. The first kappa shape index (κ1) is 12.7. The molecule has 1 aromatic heterocycles. The summed E-state index contributed by atoms with van der Waals surface area (Å²) in [5, 5.41) is 4.07. The van der Waals surface area contributed by atoms with Crippen LogP contribution in [0.3, 0.4) is 0 Å². The second-order valence-electron chi connectivity index (χ2n) is 3.61. The summed E-state index contributed by atoms with van der Waals surface area (Å²) in [7, 11) is 1.77. The minimum absolute atomic E-state index is 0.333. The van der Waals surface area contributed by atoms with Gasteiger partial charge >= 0.3 is 0 Å². The van der Waals surface area contributed by atoms with E-state index >= 15 is 0 Å². The molecule has 0 spiro atoms. The molecule has 90 valence electrons. The highest BCUT2D eigenvalue weighted by Gasteiger charge is 2.21. The number of halogens is 3. The molecule has 0 aliphatic rings. The molecule has 0 bridgehead atoms. The van der Waals surface area contributed by atoms with Crippen LogP contribution in [-0.2, 0) is 7.05 Å². The zero-order valence-electron chi connectivity index (χ0n) is 8.99. The summed E-state index contributed by atoms with van der Waals surface area (Å²) in [4.78, 5) is 0. The molecule has 6 heteroatoms. The Balaban J connectivity index is 2.55. The monoisotopic (exact) mass is 361 g/mol. The predicted molar refractivity (Wildman–Crippen MR) is 71.0 cm³/mol. The Morgan fingerprint density at radius 3 is 2.59 bits per heavy atom. The van der Waals surface area contributed by atoms with Gasteiger partial charge in [-0.05, 0) is 28.1 Å². The maximum Gasteiger partial charge on any atom is 0.129 e. The molecule has 0 saturated carbocycles. The fraction of sp³-hybridized carbons (Fsp3) is 0.182. The Kier molecular flexibility index (Phi) is 3.65. The summed E-state index contributed by atoms with van der Waals surface area (Å²) in [5.41, 5.74) is 7.26. The fourth-order valence-electron chi connectivity index (χ4n) is 1.71. The number of rotatable bonds is 2. The maximum absolute atomic E-state index is 13.8. The molecule has 0 aliphatic heterocycles. The van der Waals surface area contributed by atoms with E-state index in [0.717, 1.165) is 10.2 Å². The highest BCUT2D eigenvalue weighted by atomic mass is 79.9. The first-order valence-electron chi connectivity index (χ1n) is 4.89. The van der Waals surface area contributed by atoms with Crippen molar-refractivity contribution >= 4 is 31.9 Å². The van der Waals surface area contributed by atoms with Gasteiger partial charge in [0.1, 0.15) is 5.82 Å². The van der Waals surface area contributed by atoms with E-state index in [4.69, 9.17) is 5.73 Å². The van der Waals surface area contributed by atoms with Crippen molar-refractivity contribution in [2.24, 2.45) is 12.8 Å². The van der Waals surface area contributed by atoms with E-state index in [1.54, 1.807) is 30.1 Å². The SMILES string of the molecule is Cn1ncc(Br)c1C(N)c1c(F)cccc1Br. The van der Waals surface area contributed by atoms with E-state index < -0.39 is 6.04 Å². The predicted octanol–water partition coefficient (Wildman–Crippen LogP) is 3.13. The van der Waals surface area contributed by atoms with E-state index in [2.05, 4.69) is 37.0 Å². The third-order valence-electron chi connectivity index (χ3n) is 2.54. The topological polar surface area (TPSA) is 43.8 Å². The quantitative estimate of drug-likeness (QED) is 0.891. The molecule has 0 saturated heterocycles. The van der Waals surface area contributed by atoms with Gasteiger partial charge < -0.3 is 5.73 Å². The first-order valence-corrected chi connectivity index (χ1v) is 6.48. The van der Waals surface area contributed by atoms with Crippen molar-refractivity contribution in [3.63, 3.8) is 0 Å². The number of aromatic nitrogens is 2. The van der Waals surface area contributed by atoms with E-state index in [9.17, 15) is 4.39 Å². The second kappa shape index (κ2) is 4.88. The molecule has 0 amide bonds. The summed E-state index contributed by atoms with van der Waals surface area (Å²) in [6, 6.07) is 4.22. The van der Waals surface area contributed by atoms with Crippen LogP contribution < -0.4 is 5.73 Å². The van der Waals surface area contributed by atoms with Gasteiger partial charge in [0.2, 0.25) is 0 Å². The van der Waals surface area contributed by atoms with E-state index in [-0.39, 0.29) is 5.82 Å². The van der Waals surface area contributed by atoms with E-state index in [1.807, 2.05) is 0 Å². The number of nitrogens with two attached hydrogens (primary N) is 1. The molecule has 1 atom stereocenters. The summed E-state index contributed by atoms with van der Waals surface area (Å²) < 4.78 is 16.9. The highest BCUT2D eigenvalue weighted by molar-refractivity contribution is 9.10. The van der Waals surface area contributed by atoms with Crippen LogP contribution in [0, 0.1) is 5.82 Å². The van der Waals surface area contributed by atoms with Gasteiger partial charge in [-0.2, -0.15) is 5.10 Å². The zero-order chi connectivity index (χ0) is 12.6. The zero-order valence-corrected chi connectivity index (χ0v) is 12.2. The van der Waals surface area contributed by atoms with Crippen molar-refractivity contribution in [1.29, 1.82) is 0 Å². The molecule has 0 aliphatic carbocycles. The Labute approximate surface area is 115 Å². The summed E-state index contributed by atoms with van der Waals surface area (Å²) in [6.45, 7) is 0. The van der Waals surface area contributed by atoms with Crippen LogP contribution in [-0.4, -0.2) is 9.78 Å². The Morgan fingerprint density at radius 2 is 2.06 bits per heavy atom. The molecule has 1 heterocycles. The van der Waals surface area contributed by atoms with Crippen LogP contribution in [0.1, 0.15) is 17.3 Å². The average Bonchev–Trinajstić information content (AvgIpc) is 2.58. The molecule has 3 nitrogen and oxygen atoms in total. The molecule has 1 unspecified atom stereocenters. The second-order valence-corrected chi connectivity index (χ2v) is 5.32. The van der Waals surface area contributed by atoms with Gasteiger partial charge in [0.05, 0.1) is 22.4 Å². The van der Waals surface area contributed by atoms with Crippen molar-refractivity contribution < 1.29 is 4.39 Å². The molecule has 0 fully saturated rings. The number of aryl methyl sites for hydroxylation is 1. The van der Waals surface area contributed by atoms with Crippen molar-refractivity contribution in [2.45, 2.75) is 6.04 Å². The molecule has 17 heavy (non-hydrogen) atoms. The third kappa shape index (κ3) is 2.29. The lowest BCUT2D eigenvalue weighted by Crippen LogP contribution is -2.18. The van der Waals surface area contributed by atoms with Crippen LogP contribution in [0.4, 0.5) is 4.39 Å². The fourth-order valence-corrected chi connectivity index (χ4v) is 2.90. The van der Waals surface area contributed by atoms with E-state index in [0.29, 0.717) is 10.0 Å².